The quantitative estimate of drug-likeness (QED) is 0.396. The monoisotopic (exact) mass is 462 g/mol. The van der Waals surface area contributed by atoms with Crippen molar-refractivity contribution in [2.45, 2.75) is 18.7 Å². The summed E-state index contributed by atoms with van der Waals surface area (Å²) in [5.41, 5.74) is 3.26. The van der Waals surface area contributed by atoms with E-state index >= 15 is 0 Å². The number of rotatable bonds is 6. The zero-order chi connectivity index (χ0) is 23.6. The van der Waals surface area contributed by atoms with E-state index in [0.29, 0.717) is 22.5 Å². The summed E-state index contributed by atoms with van der Waals surface area (Å²) in [4.78, 5) is 13.0. The second-order valence-electron chi connectivity index (χ2n) is 7.46. The summed E-state index contributed by atoms with van der Waals surface area (Å²) >= 11 is 0. The van der Waals surface area contributed by atoms with Crippen molar-refractivity contribution in [3.8, 4) is 11.5 Å². The zero-order valence-electron chi connectivity index (χ0n) is 18.3. The second-order valence-corrected chi connectivity index (χ2v) is 9.00. The molecule has 4 rings (SSSR count). The Balaban J connectivity index is 1.61. The van der Waals surface area contributed by atoms with Crippen LogP contribution in [-0.2, 0) is 14.9 Å². The molecular formula is C25H22N2O5S. The van der Waals surface area contributed by atoms with Crippen LogP contribution in [-0.4, -0.2) is 27.1 Å². The molecule has 1 aliphatic heterocycles. The molecule has 33 heavy (non-hydrogen) atoms. The molecule has 1 aliphatic rings. The first-order valence-corrected chi connectivity index (χ1v) is 11.6. The molecule has 0 unspecified atom stereocenters. The van der Waals surface area contributed by atoms with Crippen molar-refractivity contribution in [2.75, 3.05) is 12.1 Å². The van der Waals surface area contributed by atoms with Gasteiger partial charge in [0.2, 0.25) is 0 Å². The summed E-state index contributed by atoms with van der Waals surface area (Å²) in [6.45, 7) is 3.63. The van der Waals surface area contributed by atoms with E-state index in [1.807, 2.05) is 25.1 Å². The Morgan fingerprint density at radius 3 is 2.27 bits per heavy atom. The number of aryl methyl sites for hydroxylation is 1. The van der Waals surface area contributed by atoms with Crippen LogP contribution in [0.25, 0.3) is 6.08 Å². The van der Waals surface area contributed by atoms with Crippen molar-refractivity contribution in [1.82, 2.24) is 0 Å². The minimum absolute atomic E-state index is 0.0470. The number of amides is 1. The molecule has 0 fully saturated rings. The van der Waals surface area contributed by atoms with Crippen LogP contribution in [0.1, 0.15) is 18.1 Å². The highest BCUT2D eigenvalue weighted by Gasteiger charge is 2.28. The highest BCUT2D eigenvalue weighted by Crippen LogP contribution is 2.32. The van der Waals surface area contributed by atoms with Gasteiger partial charge in [-0.2, -0.15) is 18.5 Å². The molecule has 7 nitrogen and oxygen atoms in total. The van der Waals surface area contributed by atoms with E-state index in [2.05, 4.69) is 5.10 Å². The lowest BCUT2D eigenvalue weighted by Crippen LogP contribution is -2.21. The van der Waals surface area contributed by atoms with E-state index in [1.54, 1.807) is 49.4 Å². The SMILES string of the molecule is COc1cc(/C=C2\C(=O)N(c3ccccc3)N=C2C)ccc1OS(=O)(=O)c1ccc(C)cc1. The maximum absolute atomic E-state index is 12.9. The predicted molar refractivity (Wildman–Crippen MR) is 127 cm³/mol. The van der Waals surface area contributed by atoms with Gasteiger partial charge in [0.05, 0.1) is 24.1 Å². The molecule has 0 saturated heterocycles. The number of ether oxygens (including phenoxy) is 1. The summed E-state index contributed by atoms with van der Waals surface area (Å²) in [5, 5.41) is 5.71. The van der Waals surface area contributed by atoms with Crippen LogP contribution >= 0.6 is 0 Å². The summed E-state index contributed by atoms with van der Waals surface area (Å²) in [7, 11) is -2.61. The Bertz CT molecular complexity index is 1360. The molecule has 0 spiro atoms. The van der Waals surface area contributed by atoms with E-state index in [-0.39, 0.29) is 22.3 Å². The number of hydrogen-bond donors (Lipinski definition) is 0. The van der Waals surface area contributed by atoms with E-state index in [0.717, 1.165) is 5.56 Å². The third-order valence-corrected chi connectivity index (χ3v) is 6.32. The third-order valence-electron chi connectivity index (χ3n) is 5.07. The van der Waals surface area contributed by atoms with Gasteiger partial charge in [0.25, 0.3) is 5.91 Å². The fourth-order valence-corrected chi connectivity index (χ4v) is 4.25. The molecule has 168 valence electrons. The second kappa shape index (κ2) is 8.91. The maximum atomic E-state index is 12.9. The molecule has 0 bridgehead atoms. The minimum atomic E-state index is -4.03. The number of anilines is 1. The Kier molecular flexibility index (Phi) is 6.02. The van der Waals surface area contributed by atoms with E-state index in [4.69, 9.17) is 8.92 Å². The standard InChI is InChI=1S/C25H22N2O5S/c1-17-9-12-21(13-10-17)33(29,30)32-23-14-11-19(16-24(23)31-3)15-22-18(2)26-27(25(22)28)20-7-5-4-6-8-20/h4-16H,1-3H3/b22-15-. The van der Waals surface area contributed by atoms with Crippen molar-refractivity contribution in [2.24, 2.45) is 5.10 Å². The first-order valence-electron chi connectivity index (χ1n) is 10.1. The first kappa shape index (κ1) is 22.3. The number of hydrazone groups is 1. The Labute approximate surface area is 192 Å². The van der Waals surface area contributed by atoms with Gasteiger partial charge in [-0.15, -0.1) is 0 Å². The van der Waals surface area contributed by atoms with Gasteiger partial charge in [-0.1, -0.05) is 42.0 Å². The number of nitrogens with zero attached hydrogens (tertiary/aromatic N) is 2. The van der Waals surface area contributed by atoms with Gasteiger partial charge in [-0.05, 0) is 61.9 Å². The molecule has 3 aromatic carbocycles. The average Bonchev–Trinajstić information content (AvgIpc) is 3.09. The highest BCUT2D eigenvalue weighted by atomic mass is 32.2. The van der Waals surface area contributed by atoms with Crippen LogP contribution in [0.4, 0.5) is 5.69 Å². The van der Waals surface area contributed by atoms with Crippen LogP contribution < -0.4 is 13.9 Å². The van der Waals surface area contributed by atoms with Crippen molar-refractivity contribution in [3.05, 3.63) is 89.5 Å². The molecular weight excluding hydrogens is 440 g/mol. The topological polar surface area (TPSA) is 85.3 Å². The number of carbonyl (C=O) groups excluding carboxylic acids is 1. The Morgan fingerprint density at radius 2 is 1.61 bits per heavy atom. The Morgan fingerprint density at radius 1 is 0.909 bits per heavy atom. The van der Waals surface area contributed by atoms with Gasteiger partial charge in [-0.3, -0.25) is 4.79 Å². The molecule has 0 aromatic heterocycles. The molecule has 0 N–H and O–H groups in total. The average molecular weight is 463 g/mol. The van der Waals surface area contributed by atoms with Gasteiger partial charge in [0.1, 0.15) is 4.90 Å². The van der Waals surface area contributed by atoms with E-state index < -0.39 is 10.1 Å². The van der Waals surface area contributed by atoms with Crippen LogP contribution in [0, 0.1) is 6.92 Å². The molecule has 0 radical (unpaired) electrons. The molecule has 8 heteroatoms. The first-order chi connectivity index (χ1) is 15.8. The number of benzene rings is 3. The third kappa shape index (κ3) is 4.65. The van der Waals surface area contributed by atoms with E-state index in [9.17, 15) is 13.2 Å². The number of para-hydroxylation sites is 1. The normalized spacial score (nSPS) is 15.0. The smallest absolute Gasteiger partial charge is 0.339 e. The lowest BCUT2D eigenvalue weighted by Gasteiger charge is -2.12. The van der Waals surface area contributed by atoms with Crippen molar-refractivity contribution in [1.29, 1.82) is 0 Å². The maximum Gasteiger partial charge on any atom is 0.339 e. The van der Waals surface area contributed by atoms with Gasteiger partial charge in [-0.25, -0.2) is 0 Å². The molecule has 0 atom stereocenters. The lowest BCUT2D eigenvalue weighted by atomic mass is 10.1. The van der Waals surface area contributed by atoms with Crippen LogP contribution in [0.5, 0.6) is 11.5 Å². The van der Waals surface area contributed by atoms with Gasteiger partial charge in [0.15, 0.2) is 11.5 Å². The summed E-state index contributed by atoms with van der Waals surface area (Å²) < 4.78 is 36.0. The zero-order valence-corrected chi connectivity index (χ0v) is 19.2. The van der Waals surface area contributed by atoms with Gasteiger partial charge >= 0.3 is 10.1 Å². The number of methoxy groups -OCH3 is 1. The predicted octanol–water partition coefficient (Wildman–Crippen LogP) is 4.58. The van der Waals surface area contributed by atoms with Crippen LogP contribution in [0.3, 0.4) is 0 Å². The lowest BCUT2D eigenvalue weighted by molar-refractivity contribution is -0.114. The summed E-state index contributed by atoms with van der Waals surface area (Å²) in [6.07, 6.45) is 1.69. The summed E-state index contributed by atoms with van der Waals surface area (Å²) in [6, 6.07) is 20.3. The largest absolute Gasteiger partial charge is 0.493 e. The van der Waals surface area contributed by atoms with Crippen LogP contribution in [0.2, 0.25) is 0 Å². The van der Waals surface area contributed by atoms with Crippen molar-refractivity contribution in [3.63, 3.8) is 0 Å². The van der Waals surface area contributed by atoms with Gasteiger partial charge < -0.3 is 8.92 Å². The van der Waals surface area contributed by atoms with Crippen molar-refractivity contribution < 1.29 is 22.1 Å². The number of carbonyl (C=O) groups is 1. The number of hydrogen-bond acceptors (Lipinski definition) is 6. The Hall–Kier alpha value is -3.91. The molecule has 1 heterocycles. The highest BCUT2D eigenvalue weighted by molar-refractivity contribution is 7.87. The fraction of sp³-hybridized carbons (Fsp3) is 0.120. The molecule has 1 amide bonds. The summed E-state index contributed by atoms with van der Waals surface area (Å²) in [5.74, 6) is 0.0224. The molecule has 3 aromatic rings. The fourth-order valence-electron chi connectivity index (χ4n) is 3.31. The van der Waals surface area contributed by atoms with Crippen LogP contribution in [0.15, 0.2) is 88.4 Å². The molecule has 0 saturated carbocycles. The van der Waals surface area contributed by atoms with E-state index in [1.165, 1.54) is 30.3 Å². The van der Waals surface area contributed by atoms with Crippen molar-refractivity contribution >= 4 is 33.5 Å². The molecule has 0 aliphatic carbocycles. The minimum Gasteiger partial charge on any atom is -0.493 e. The van der Waals surface area contributed by atoms with Gasteiger partial charge in [0, 0.05) is 0 Å².